The molecule has 0 unspecified atom stereocenters. The molecule has 2 aromatic rings. The minimum atomic E-state index is 0.0570. The Bertz CT molecular complexity index is 599. The fraction of sp³-hybridized carbons (Fsp3) is 0.500. The first-order chi connectivity index (χ1) is 10.3. The maximum Gasteiger partial charge on any atom is 0.317 e. The summed E-state index contributed by atoms with van der Waals surface area (Å²) in [5.41, 5.74) is 3.05. The molecule has 1 aliphatic heterocycles. The molecule has 0 saturated carbocycles. The maximum atomic E-state index is 12.2. The Kier molecular flexibility index (Phi) is 4.38. The van der Waals surface area contributed by atoms with Crippen molar-refractivity contribution in [3.63, 3.8) is 0 Å². The van der Waals surface area contributed by atoms with Gasteiger partial charge in [0.25, 0.3) is 0 Å². The average Bonchev–Trinajstić information content (AvgIpc) is 2.92. The van der Waals surface area contributed by atoms with Crippen LogP contribution in [0.2, 0.25) is 0 Å². The van der Waals surface area contributed by atoms with Gasteiger partial charge in [0.05, 0.1) is 17.4 Å². The zero-order chi connectivity index (χ0) is 14.5. The molecule has 1 saturated heterocycles. The lowest BCUT2D eigenvalue weighted by Crippen LogP contribution is -2.41. The van der Waals surface area contributed by atoms with E-state index in [2.05, 4.69) is 15.3 Å². The van der Waals surface area contributed by atoms with Crippen LogP contribution < -0.4 is 5.32 Å². The predicted octanol–water partition coefficient (Wildman–Crippen LogP) is 3.04. The van der Waals surface area contributed by atoms with Crippen molar-refractivity contribution < 1.29 is 4.79 Å². The van der Waals surface area contributed by atoms with Crippen LogP contribution in [0.3, 0.4) is 0 Å². The molecule has 0 bridgehead atoms. The molecule has 2 amide bonds. The fourth-order valence-electron chi connectivity index (χ4n) is 2.83. The van der Waals surface area contributed by atoms with Crippen molar-refractivity contribution in [3.05, 3.63) is 30.1 Å². The fourth-order valence-corrected chi connectivity index (χ4v) is 2.83. The van der Waals surface area contributed by atoms with Crippen molar-refractivity contribution in [2.24, 2.45) is 0 Å². The Morgan fingerprint density at radius 2 is 1.95 bits per heavy atom. The van der Waals surface area contributed by atoms with Crippen LogP contribution in [0.5, 0.6) is 0 Å². The molecule has 3 rings (SSSR count). The van der Waals surface area contributed by atoms with E-state index in [1.807, 2.05) is 23.1 Å². The van der Waals surface area contributed by atoms with E-state index in [9.17, 15) is 4.79 Å². The molecule has 0 aliphatic carbocycles. The first-order valence-corrected chi connectivity index (χ1v) is 7.78. The van der Waals surface area contributed by atoms with Crippen LogP contribution in [-0.2, 0) is 6.54 Å². The molecule has 5 nitrogen and oxygen atoms in total. The number of aromatic nitrogens is 2. The highest BCUT2D eigenvalue weighted by Gasteiger charge is 2.14. The van der Waals surface area contributed by atoms with Crippen LogP contribution in [-0.4, -0.2) is 34.0 Å². The first-order valence-electron chi connectivity index (χ1n) is 7.78. The number of H-pyrrole nitrogens is 1. The highest BCUT2D eigenvalue weighted by atomic mass is 16.2. The van der Waals surface area contributed by atoms with Gasteiger partial charge in [-0.2, -0.15) is 0 Å². The first kappa shape index (κ1) is 13.9. The van der Waals surface area contributed by atoms with Crippen LogP contribution >= 0.6 is 0 Å². The van der Waals surface area contributed by atoms with Crippen molar-refractivity contribution in [1.29, 1.82) is 0 Å². The molecule has 5 heteroatoms. The minimum absolute atomic E-state index is 0.0570. The van der Waals surface area contributed by atoms with Gasteiger partial charge in [0.15, 0.2) is 0 Å². The topological polar surface area (TPSA) is 61.0 Å². The highest BCUT2D eigenvalue weighted by Crippen LogP contribution is 2.13. The van der Waals surface area contributed by atoms with Gasteiger partial charge in [0.1, 0.15) is 0 Å². The van der Waals surface area contributed by atoms with Gasteiger partial charge in [-0.3, -0.25) is 0 Å². The van der Waals surface area contributed by atoms with Crippen molar-refractivity contribution >= 4 is 17.1 Å². The summed E-state index contributed by atoms with van der Waals surface area (Å²) >= 11 is 0. The summed E-state index contributed by atoms with van der Waals surface area (Å²) in [6.07, 6.45) is 7.70. The number of nitrogens with zero attached hydrogens (tertiary/aromatic N) is 2. The van der Waals surface area contributed by atoms with Crippen LogP contribution in [0, 0.1) is 0 Å². The number of hydrogen-bond acceptors (Lipinski definition) is 2. The average molecular weight is 286 g/mol. The van der Waals surface area contributed by atoms with Gasteiger partial charge in [-0.25, -0.2) is 9.78 Å². The SMILES string of the molecule is O=C(NCc1ccc2nc[nH]c2c1)N1CCCCCCC1. The van der Waals surface area contributed by atoms with E-state index < -0.39 is 0 Å². The van der Waals surface area contributed by atoms with E-state index in [1.165, 1.54) is 19.3 Å². The van der Waals surface area contributed by atoms with Crippen molar-refractivity contribution in [3.8, 4) is 0 Å². The standard InChI is InChI=1S/C16H22N4O/c21-16(20-8-4-2-1-3-5-9-20)17-11-13-6-7-14-15(10-13)19-12-18-14/h6-7,10,12H,1-5,8-9,11H2,(H,17,21)(H,18,19). The number of benzene rings is 1. The molecule has 0 spiro atoms. The maximum absolute atomic E-state index is 12.2. The zero-order valence-corrected chi connectivity index (χ0v) is 12.3. The normalized spacial score (nSPS) is 16.5. The molecule has 1 aromatic carbocycles. The number of carbonyl (C=O) groups excluding carboxylic acids is 1. The molecule has 2 heterocycles. The molecule has 0 atom stereocenters. The van der Waals surface area contributed by atoms with Crippen LogP contribution in [0.1, 0.15) is 37.7 Å². The number of aromatic amines is 1. The smallest absolute Gasteiger partial charge is 0.317 e. The van der Waals surface area contributed by atoms with Gasteiger partial charge >= 0.3 is 6.03 Å². The number of carbonyl (C=O) groups is 1. The third-order valence-corrected chi connectivity index (χ3v) is 4.07. The van der Waals surface area contributed by atoms with Crippen molar-refractivity contribution in [2.75, 3.05) is 13.1 Å². The number of likely N-dealkylation sites (tertiary alicyclic amines) is 1. The summed E-state index contributed by atoms with van der Waals surface area (Å²) in [6.45, 7) is 2.32. The molecule has 21 heavy (non-hydrogen) atoms. The summed E-state index contributed by atoms with van der Waals surface area (Å²) in [7, 11) is 0. The number of hydrogen-bond donors (Lipinski definition) is 2. The number of urea groups is 1. The summed E-state index contributed by atoms with van der Waals surface area (Å²) in [5, 5.41) is 3.03. The monoisotopic (exact) mass is 286 g/mol. The number of amides is 2. The molecular formula is C16H22N4O. The lowest BCUT2D eigenvalue weighted by Gasteiger charge is -2.25. The van der Waals surface area contributed by atoms with E-state index >= 15 is 0 Å². The number of fused-ring (bicyclic) bond motifs is 1. The Labute approximate surface area is 124 Å². The zero-order valence-electron chi connectivity index (χ0n) is 12.3. The van der Waals surface area contributed by atoms with Crippen molar-refractivity contribution in [1.82, 2.24) is 20.2 Å². The molecular weight excluding hydrogens is 264 g/mol. The van der Waals surface area contributed by atoms with Crippen LogP contribution in [0.15, 0.2) is 24.5 Å². The molecule has 1 aliphatic rings. The van der Waals surface area contributed by atoms with E-state index in [0.29, 0.717) is 6.54 Å². The molecule has 112 valence electrons. The second kappa shape index (κ2) is 6.61. The number of nitrogens with one attached hydrogen (secondary N) is 2. The summed E-state index contributed by atoms with van der Waals surface area (Å²) in [5.74, 6) is 0. The van der Waals surface area contributed by atoms with E-state index in [4.69, 9.17) is 0 Å². The Balaban J connectivity index is 1.56. The number of imidazole rings is 1. The largest absolute Gasteiger partial charge is 0.345 e. The second-order valence-electron chi connectivity index (χ2n) is 5.67. The van der Waals surface area contributed by atoms with E-state index in [1.54, 1.807) is 6.33 Å². The van der Waals surface area contributed by atoms with Gasteiger partial charge in [-0.1, -0.05) is 25.3 Å². The van der Waals surface area contributed by atoms with Crippen LogP contribution in [0.25, 0.3) is 11.0 Å². The highest BCUT2D eigenvalue weighted by molar-refractivity contribution is 5.76. The Hall–Kier alpha value is -2.04. The summed E-state index contributed by atoms with van der Waals surface area (Å²) in [4.78, 5) is 21.5. The molecule has 0 radical (unpaired) electrons. The van der Waals surface area contributed by atoms with Crippen LogP contribution in [0.4, 0.5) is 4.79 Å². The Morgan fingerprint density at radius 1 is 1.19 bits per heavy atom. The van der Waals surface area contributed by atoms with E-state index in [-0.39, 0.29) is 6.03 Å². The molecule has 1 aromatic heterocycles. The van der Waals surface area contributed by atoms with Gasteiger partial charge in [0, 0.05) is 19.6 Å². The third kappa shape index (κ3) is 3.54. The predicted molar refractivity (Wildman–Crippen MR) is 83.0 cm³/mol. The molecule has 1 fully saturated rings. The summed E-state index contributed by atoms with van der Waals surface area (Å²) in [6, 6.07) is 6.08. The van der Waals surface area contributed by atoms with E-state index in [0.717, 1.165) is 42.5 Å². The second-order valence-corrected chi connectivity index (χ2v) is 5.67. The van der Waals surface area contributed by atoms with Crippen molar-refractivity contribution in [2.45, 2.75) is 38.6 Å². The van der Waals surface area contributed by atoms with Gasteiger partial charge in [0.2, 0.25) is 0 Å². The Morgan fingerprint density at radius 3 is 2.76 bits per heavy atom. The minimum Gasteiger partial charge on any atom is -0.345 e. The summed E-state index contributed by atoms with van der Waals surface area (Å²) < 4.78 is 0. The lowest BCUT2D eigenvalue weighted by molar-refractivity contribution is 0.192. The van der Waals surface area contributed by atoms with Gasteiger partial charge in [-0.05, 0) is 30.5 Å². The molecule has 2 N–H and O–H groups in total. The third-order valence-electron chi connectivity index (χ3n) is 4.07. The lowest BCUT2D eigenvalue weighted by atomic mass is 10.1. The number of rotatable bonds is 2. The van der Waals surface area contributed by atoms with Gasteiger partial charge in [-0.15, -0.1) is 0 Å². The van der Waals surface area contributed by atoms with Gasteiger partial charge < -0.3 is 15.2 Å². The quantitative estimate of drug-likeness (QED) is 0.891.